The first-order valence-electron chi connectivity index (χ1n) is 8.75. The molecule has 5 heteroatoms. The van der Waals surface area contributed by atoms with Crippen LogP contribution in [0, 0.1) is 0 Å². The van der Waals surface area contributed by atoms with Gasteiger partial charge in [-0.3, -0.25) is 14.4 Å². The first kappa shape index (κ1) is 20.6. The number of hydrogen-bond donors (Lipinski definition) is 0. The lowest BCUT2D eigenvalue weighted by Crippen LogP contribution is -2.14. The summed E-state index contributed by atoms with van der Waals surface area (Å²) in [5.74, 6) is -0.300. The van der Waals surface area contributed by atoms with Gasteiger partial charge in [-0.05, 0) is 38.1 Å². The van der Waals surface area contributed by atoms with Gasteiger partial charge in [0.05, 0.1) is 18.9 Å². The molecule has 0 aliphatic heterocycles. The number of unbranched alkanes of at least 4 members (excludes halogenated alkanes) is 4. The predicted molar refractivity (Wildman–Crippen MR) is 96.3 cm³/mol. The van der Waals surface area contributed by atoms with Crippen molar-refractivity contribution in [1.82, 2.24) is 0 Å². The molecule has 0 aromatic carbocycles. The minimum Gasteiger partial charge on any atom is -0.466 e. The zero-order valence-electron chi connectivity index (χ0n) is 14.7. The molecule has 1 rings (SSSR count). The van der Waals surface area contributed by atoms with Gasteiger partial charge in [-0.1, -0.05) is 31.7 Å². The van der Waals surface area contributed by atoms with Crippen LogP contribution in [0.25, 0.3) is 0 Å². The van der Waals surface area contributed by atoms with Crippen molar-refractivity contribution in [3.05, 3.63) is 22.4 Å². The Morgan fingerprint density at radius 3 is 2.46 bits per heavy atom. The molecular formula is C19H28O4S. The standard InChI is InChI=1S/C19H28O4S/c1-3-23-19(22)12-8-6-4-5-7-10-16(17(21)14-15(2)20)18-11-9-13-24-18/h9,11,13,16H,3-8,10,12,14H2,1-2H3. The van der Waals surface area contributed by atoms with E-state index in [9.17, 15) is 14.4 Å². The SMILES string of the molecule is CCOC(=O)CCCCCCCC(C(=O)CC(C)=O)c1cccs1. The van der Waals surface area contributed by atoms with Gasteiger partial charge in [0.1, 0.15) is 11.6 Å². The molecule has 1 atom stereocenters. The van der Waals surface area contributed by atoms with Gasteiger partial charge in [-0.25, -0.2) is 0 Å². The van der Waals surface area contributed by atoms with Crippen LogP contribution in [0.4, 0.5) is 0 Å². The summed E-state index contributed by atoms with van der Waals surface area (Å²) in [5.41, 5.74) is 0. The molecule has 0 spiro atoms. The lowest BCUT2D eigenvalue weighted by Gasteiger charge is -2.13. The van der Waals surface area contributed by atoms with E-state index in [1.54, 1.807) is 11.3 Å². The molecule has 0 aliphatic rings. The maximum atomic E-state index is 12.3. The van der Waals surface area contributed by atoms with Crippen LogP contribution in [-0.4, -0.2) is 24.1 Å². The number of esters is 1. The van der Waals surface area contributed by atoms with Crippen LogP contribution < -0.4 is 0 Å². The topological polar surface area (TPSA) is 60.4 Å². The summed E-state index contributed by atoms with van der Waals surface area (Å²) in [6.07, 6.45) is 6.23. The lowest BCUT2D eigenvalue weighted by molar-refractivity contribution is -0.143. The highest BCUT2D eigenvalue weighted by atomic mass is 32.1. The Labute approximate surface area is 148 Å². The van der Waals surface area contributed by atoms with Gasteiger partial charge in [-0.2, -0.15) is 0 Å². The number of rotatable bonds is 13. The lowest BCUT2D eigenvalue weighted by atomic mass is 9.92. The Hall–Kier alpha value is -1.49. The van der Waals surface area contributed by atoms with Crippen LogP contribution in [0.2, 0.25) is 0 Å². The average Bonchev–Trinajstić information content (AvgIpc) is 3.03. The average molecular weight is 352 g/mol. The van der Waals surface area contributed by atoms with E-state index in [1.165, 1.54) is 6.92 Å². The minimum absolute atomic E-state index is 0.0299. The predicted octanol–water partition coefficient (Wildman–Crippen LogP) is 4.67. The number of ketones is 2. The Kier molecular flexibility index (Phi) is 10.2. The van der Waals surface area contributed by atoms with Crippen molar-refractivity contribution in [2.45, 2.75) is 71.1 Å². The molecule has 24 heavy (non-hydrogen) atoms. The summed E-state index contributed by atoms with van der Waals surface area (Å²) in [6, 6.07) is 3.93. The molecule has 0 bridgehead atoms. The largest absolute Gasteiger partial charge is 0.466 e. The van der Waals surface area contributed by atoms with Crippen molar-refractivity contribution in [3.63, 3.8) is 0 Å². The van der Waals surface area contributed by atoms with E-state index in [1.807, 2.05) is 24.4 Å². The first-order chi connectivity index (χ1) is 11.5. The molecule has 0 radical (unpaired) electrons. The summed E-state index contributed by atoms with van der Waals surface area (Å²) in [7, 11) is 0. The molecule has 1 heterocycles. The molecular weight excluding hydrogens is 324 g/mol. The molecule has 0 amide bonds. The second-order valence-corrected chi connectivity index (χ2v) is 7.00. The van der Waals surface area contributed by atoms with Crippen molar-refractivity contribution in [2.75, 3.05) is 6.61 Å². The summed E-state index contributed by atoms with van der Waals surface area (Å²) in [4.78, 5) is 35.8. The van der Waals surface area contributed by atoms with Crippen molar-refractivity contribution in [2.24, 2.45) is 0 Å². The van der Waals surface area contributed by atoms with E-state index in [-0.39, 0.29) is 29.9 Å². The summed E-state index contributed by atoms with van der Waals surface area (Å²) in [6.45, 7) is 3.72. The third-order valence-corrected chi connectivity index (χ3v) is 4.86. The molecule has 1 unspecified atom stereocenters. The summed E-state index contributed by atoms with van der Waals surface area (Å²) in [5, 5.41) is 1.97. The van der Waals surface area contributed by atoms with Gasteiger partial charge >= 0.3 is 5.97 Å². The highest BCUT2D eigenvalue weighted by molar-refractivity contribution is 7.10. The Morgan fingerprint density at radius 2 is 1.83 bits per heavy atom. The Bertz CT molecular complexity index is 507. The maximum Gasteiger partial charge on any atom is 0.305 e. The fourth-order valence-corrected chi connectivity index (χ4v) is 3.59. The third kappa shape index (κ3) is 8.39. The van der Waals surface area contributed by atoms with Crippen LogP contribution in [0.15, 0.2) is 17.5 Å². The van der Waals surface area contributed by atoms with Crippen molar-refractivity contribution < 1.29 is 19.1 Å². The van der Waals surface area contributed by atoms with Crippen LogP contribution in [0.3, 0.4) is 0 Å². The molecule has 0 aliphatic carbocycles. The molecule has 0 saturated heterocycles. The fraction of sp³-hybridized carbons (Fsp3) is 0.632. The molecule has 4 nitrogen and oxygen atoms in total. The number of Topliss-reactive ketones (excluding diaryl/α,β-unsaturated/α-hetero) is 2. The molecule has 0 saturated carbocycles. The van der Waals surface area contributed by atoms with Gasteiger partial charge < -0.3 is 4.74 Å². The Morgan fingerprint density at radius 1 is 1.12 bits per heavy atom. The van der Waals surface area contributed by atoms with Gasteiger partial charge in [-0.15, -0.1) is 11.3 Å². The van der Waals surface area contributed by atoms with Crippen LogP contribution in [-0.2, 0) is 19.1 Å². The maximum absolute atomic E-state index is 12.3. The molecule has 1 aromatic rings. The minimum atomic E-state index is -0.145. The quantitative estimate of drug-likeness (QED) is 0.294. The van der Waals surface area contributed by atoms with E-state index in [0.29, 0.717) is 13.0 Å². The van der Waals surface area contributed by atoms with E-state index < -0.39 is 0 Å². The zero-order chi connectivity index (χ0) is 17.8. The van der Waals surface area contributed by atoms with E-state index in [2.05, 4.69) is 0 Å². The second-order valence-electron chi connectivity index (χ2n) is 6.02. The summed E-state index contributed by atoms with van der Waals surface area (Å²) >= 11 is 1.58. The molecule has 1 aromatic heterocycles. The smallest absolute Gasteiger partial charge is 0.305 e. The fourth-order valence-electron chi connectivity index (χ4n) is 2.70. The normalized spacial score (nSPS) is 11.9. The number of carbonyl (C=O) groups is 3. The zero-order valence-corrected chi connectivity index (χ0v) is 15.5. The van der Waals surface area contributed by atoms with Crippen LogP contribution in [0.1, 0.15) is 76.0 Å². The number of thiophene rings is 1. The van der Waals surface area contributed by atoms with Crippen molar-refractivity contribution >= 4 is 28.9 Å². The Balaban J connectivity index is 2.27. The molecule has 134 valence electrons. The monoisotopic (exact) mass is 352 g/mol. The van der Waals surface area contributed by atoms with Crippen LogP contribution in [0.5, 0.6) is 0 Å². The molecule has 0 N–H and O–H groups in total. The number of hydrogen-bond acceptors (Lipinski definition) is 5. The third-order valence-electron chi connectivity index (χ3n) is 3.88. The second kappa shape index (κ2) is 12.0. The number of ether oxygens (including phenoxy) is 1. The van der Waals surface area contributed by atoms with Gasteiger partial charge in [0, 0.05) is 11.3 Å². The number of carbonyl (C=O) groups excluding carboxylic acids is 3. The highest BCUT2D eigenvalue weighted by Crippen LogP contribution is 2.28. The molecule has 0 fully saturated rings. The van der Waals surface area contributed by atoms with Crippen LogP contribution >= 0.6 is 11.3 Å². The first-order valence-corrected chi connectivity index (χ1v) is 9.63. The van der Waals surface area contributed by atoms with E-state index in [4.69, 9.17) is 4.74 Å². The van der Waals surface area contributed by atoms with E-state index >= 15 is 0 Å². The summed E-state index contributed by atoms with van der Waals surface area (Å²) < 4.78 is 4.90. The van der Waals surface area contributed by atoms with Crippen molar-refractivity contribution in [1.29, 1.82) is 0 Å². The van der Waals surface area contributed by atoms with E-state index in [0.717, 1.165) is 43.4 Å². The van der Waals surface area contributed by atoms with Gasteiger partial charge in [0.25, 0.3) is 0 Å². The van der Waals surface area contributed by atoms with Gasteiger partial charge in [0.15, 0.2) is 0 Å². The highest BCUT2D eigenvalue weighted by Gasteiger charge is 2.22. The van der Waals surface area contributed by atoms with Gasteiger partial charge in [0.2, 0.25) is 0 Å². The van der Waals surface area contributed by atoms with Crippen molar-refractivity contribution in [3.8, 4) is 0 Å².